The quantitative estimate of drug-likeness (QED) is 0.388. The Hall–Kier alpha value is -2.16. The van der Waals surface area contributed by atoms with Crippen LogP contribution in [0.5, 0.6) is 0 Å². The summed E-state index contributed by atoms with van der Waals surface area (Å²) in [6, 6.07) is 4.56. The lowest BCUT2D eigenvalue weighted by Gasteiger charge is -2.33. The zero-order chi connectivity index (χ0) is 26.1. The second-order valence-electron chi connectivity index (χ2n) is 10.6. The molecule has 1 spiro atoms. The smallest absolute Gasteiger partial charge is 0.250 e. The van der Waals surface area contributed by atoms with Crippen LogP contribution >= 0.6 is 11.6 Å². The first kappa shape index (κ1) is 26.9. The number of halogens is 1. The van der Waals surface area contributed by atoms with Crippen molar-refractivity contribution in [3.8, 4) is 0 Å². The summed E-state index contributed by atoms with van der Waals surface area (Å²) in [7, 11) is 0. The lowest BCUT2D eigenvalue weighted by molar-refractivity contribution is -0.144. The molecule has 0 radical (unpaired) electrons. The van der Waals surface area contributed by atoms with E-state index < -0.39 is 29.1 Å². The number of ether oxygens (including phenoxy) is 1. The van der Waals surface area contributed by atoms with E-state index in [0.29, 0.717) is 49.5 Å². The zero-order valence-electron chi connectivity index (χ0n) is 21.4. The van der Waals surface area contributed by atoms with Crippen molar-refractivity contribution in [2.24, 2.45) is 11.8 Å². The number of carbonyl (C=O) groups excluding carboxylic acids is 3. The number of aliphatic hydroxyl groups is 1. The van der Waals surface area contributed by atoms with Crippen LogP contribution in [0.15, 0.2) is 18.2 Å². The van der Waals surface area contributed by atoms with Gasteiger partial charge < -0.3 is 25.4 Å². The molecule has 36 heavy (non-hydrogen) atoms. The van der Waals surface area contributed by atoms with E-state index in [2.05, 4.69) is 10.6 Å². The first-order valence-electron chi connectivity index (χ1n) is 13.2. The number of hydrogen-bond acceptors (Lipinski definition) is 5. The molecule has 3 aliphatic heterocycles. The van der Waals surface area contributed by atoms with Crippen molar-refractivity contribution in [3.63, 3.8) is 0 Å². The predicted octanol–water partition coefficient (Wildman–Crippen LogP) is 3.43. The van der Waals surface area contributed by atoms with Crippen molar-refractivity contribution in [3.05, 3.63) is 28.8 Å². The van der Waals surface area contributed by atoms with E-state index in [1.54, 1.807) is 11.0 Å². The Balaban J connectivity index is 1.67. The number of rotatable bonds is 11. The Kier molecular flexibility index (Phi) is 7.98. The molecule has 0 saturated carbocycles. The molecule has 9 heteroatoms. The van der Waals surface area contributed by atoms with E-state index in [1.807, 2.05) is 32.9 Å². The molecule has 0 aromatic heterocycles. The number of anilines is 1. The van der Waals surface area contributed by atoms with Crippen LogP contribution in [-0.4, -0.2) is 64.7 Å². The summed E-state index contributed by atoms with van der Waals surface area (Å²) in [6.07, 6.45) is 5.03. The van der Waals surface area contributed by atoms with Gasteiger partial charge in [-0.05, 0) is 57.6 Å². The third-order valence-corrected chi connectivity index (χ3v) is 8.45. The van der Waals surface area contributed by atoms with Crippen molar-refractivity contribution in [1.29, 1.82) is 0 Å². The van der Waals surface area contributed by atoms with E-state index in [9.17, 15) is 14.4 Å². The number of likely N-dealkylation sites (tertiary alicyclic amines) is 1. The van der Waals surface area contributed by atoms with Gasteiger partial charge in [0.25, 0.3) is 0 Å². The van der Waals surface area contributed by atoms with Crippen LogP contribution in [0.3, 0.4) is 0 Å². The third kappa shape index (κ3) is 4.52. The van der Waals surface area contributed by atoms with Gasteiger partial charge >= 0.3 is 0 Å². The molecular weight excluding hydrogens is 482 g/mol. The highest BCUT2D eigenvalue weighted by atomic mass is 35.5. The molecule has 5 atom stereocenters. The van der Waals surface area contributed by atoms with E-state index in [-0.39, 0.29) is 24.3 Å². The van der Waals surface area contributed by atoms with Crippen molar-refractivity contribution in [2.45, 2.75) is 83.0 Å². The second-order valence-corrected chi connectivity index (χ2v) is 11.0. The number of carbonyl (C=O) groups is 3. The van der Waals surface area contributed by atoms with Crippen molar-refractivity contribution < 1.29 is 24.2 Å². The fourth-order valence-corrected chi connectivity index (χ4v) is 6.72. The van der Waals surface area contributed by atoms with Crippen molar-refractivity contribution in [1.82, 2.24) is 10.2 Å². The molecule has 1 aromatic rings. The number of para-hydroxylation sites is 1. The second kappa shape index (κ2) is 10.7. The van der Waals surface area contributed by atoms with Crippen molar-refractivity contribution >= 4 is 35.0 Å². The molecule has 8 nitrogen and oxygen atoms in total. The van der Waals surface area contributed by atoms with Gasteiger partial charge in [0, 0.05) is 19.7 Å². The van der Waals surface area contributed by atoms with Gasteiger partial charge in [-0.25, -0.2) is 0 Å². The van der Waals surface area contributed by atoms with Crippen LogP contribution in [0.4, 0.5) is 5.69 Å². The highest BCUT2D eigenvalue weighted by Crippen LogP contribution is 2.63. The van der Waals surface area contributed by atoms with Crippen LogP contribution in [-0.2, 0) is 19.1 Å². The summed E-state index contributed by atoms with van der Waals surface area (Å²) in [5, 5.41) is 15.5. The molecule has 2 unspecified atom stereocenters. The van der Waals surface area contributed by atoms with Crippen LogP contribution in [0.2, 0.25) is 5.02 Å². The van der Waals surface area contributed by atoms with Crippen LogP contribution < -0.4 is 10.6 Å². The maximum atomic E-state index is 13.9. The summed E-state index contributed by atoms with van der Waals surface area (Å²) < 4.78 is 6.61. The molecule has 2 bridgehead atoms. The largest absolute Gasteiger partial charge is 0.396 e. The minimum absolute atomic E-state index is 0.136. The minimum atomic E-state index is -1.05. The first-order valence-corrected chi connectivity index (χ1v) is 13.5. The minimum Gasteiger partial charge on any atom is -0.396 e. The van der Waals surface area contributed by atoms with Crippen LogP contribution in [0.25, 0.3) is 0 Å². The number of benzene rings is 1. The van der Waals surface area contributed by atoms with Gasteiger partial charge in [0.2, 0.25) is 17.7 Å². The Morgan fingerprint density at radius 3 is 2.64 bits per heavy atom. The fraction of sp³-hybridized carbons (Fsp3) is 0.667. The Labute approximate surface area is 218 Å². The molecule has 198 valence electrons. The lowest BCUT2D eigenvalue weighted by Crippen LogP contribution is -2.53. The summed E-state index contributed by atoms with van der Waals surface area (Å²) in [6.45, 7) is 6.81. The van der Waals surface area contributed by atoms with Gasteiger partial charge in [-0.15, -0.1) is 0 Å². The van der Waals surface area contributed by atoms with Crippen LogP contribution in [0, 0.1) is 18.8 Å². The Bertz CT molecular complexity index is 999. The van der Waals surface area contributed by atoms with Gasteiger partial charge in [-0.2, -0.15) is 0 Å². The molecule has 0 aliphatic carbocycles. The maximum Gasteiger partial charge on any atom is 0.250 e. The highest BCUT2D eigenvalue weighted by molar-refractivity contribution is 6.34. The van der Waals surface area contributed by atoms with E-state index in [4.69, 9.17) is 21.4 Å². The van der Waals surface area contributed by atoms with Gasteiger partial charge in [-0.3, -0.25) is 14.4 Å². The molecule has 3 N–H and O–H groups in total. The normalized spacial score (nSPS) is 30.5. The third-order valence-electron chi connectivity index (χ3n) is 8.13. The van der Waals surface area contributed by atoms with Gasteiger partial charge in [0.05, 0.1) is 28.1 Å². The standard InChI is InChI=1S/C27H38ClN3O5/c1-4-14-29-23(33)19-20-25(35)31(15-7-5-6-8-16-32)22(27(20)13-12-26(19,3)36-27)24(34)30-21-17(2)10-9-11-18(21)28/h9-11,19-20,22,32H,4-8,12-16H2,1-3H3,(H,29,33)(H,30,34)/t19-,20-,22?,26+,27?/m0/s1. The van der Waals surface area contributed by atoms with E-state index >= 15 is 0 Å². The van der Waals surface area contributed by atoms with Gasteiger partial charge in [-0.1, -0.05) is 43.5 Å². The average Bonchev–Trinajstić information content (AvgIpc) is 3.40. The molecule has 1 aromatic carbocycles. The number of amides is 3. The lowest BCUT2D eigenvalue weighted by atomic mass is 9.66. The molecule has 3 heterocycles. The Morgan fingerprint density at radius 2 is 1.94 bits per heavy atom. The monoisotopic (exact) mass is 519 g/mol. The summed E-state index contributed by atoms with van der Waals surface area (Å²) in [4.78, 5) is 42.8. The zero-order valence-corrected chi connectivity index (χ0v) is 22.2. The highest BCUT2D eigenvalue weighted by Gasteiger charge is 2.77. The number of nitrogens with zero attached hydrogens (tertiary/aromatic N) is 1. The fourth-order valence-electron chi connectivity index (χ4n) is 6.46. The SMILES string of the molecule is CCCNC(=O)[C@@H]1[C@H]2C(=O)N(CCCCCCO)C(C(=O)Nc3c(C)cccc3Cl)C23CC[C@@]1(C)O3. The predicted molar refractivity (Wildman–Crippen MR) is 138 cm³/mol. The molecule has 4 rings (SSSR count). The van der Waals surface area contributed by atoms with Gasteiger partial charge in [0.15, 0.2) is 0 Å². The molecule has 3 aliphatic rings. The number of fused-ring (bicyclic) bond motifs is 1. The number of unbranched alkanes of at least 4 members (excludes halogenated alkanes) is 3. The van der Waals surface area contributed by atoms with E-state index in [0.717, 1.165) is 24.8 Å². The number of hydrogen-bond donors (Lipinski definition) is 3. The number of aliphatic hydroxyl groups excluding tert-OH is 1. The van der Waals surface area contributed by atoms with Gasteiger partial charge in [0.1, 0.15) is 11.6 Å². The first-order chi connectivity index (χ1) is 17.2. The molecule has 3 fully saturated rings. The van der Waals surface area contributed by atoms with Crippen LogP contribution in [0.1, 0.15) is 64.4 Å². The molecule has 3 amide bonds. The topological polar surface area (TPSA) is 108 Å². The molecular formula is C27H38ClN3O5. The van der Waals surface area contributed by atoms with E-state index in [1.165, 1.54) is 0 Å². The maximum absolute atomic E-state index is 13.9. The summed E-state index contributed by atoms with van der Waals surface area (Å²) in [5.74, 6) is -2.04. The number of aryl methyl sites for hydroxylation is 1. The summed E-state index contributed by atoms with van der Waals surface area (Å²) in [5.41, 5.74) is -0.491. The Morgan fingerprint density at radius 1 is 1.19 bits per heavy atom. The van der Waals surface area contributed by atoms with Crippen molar-refractivity contribution in [2.75, 3.05) is 25.0 Å². The average molecular weight is 520 g/mol. The molecule has 3 saturated heterocycles. The number of nitrogens with one attached hydrogen (secondary N) is 2. The summed E-state index contributed by atoms with van der Waals surface area (Å²) >= 11 is 6.40.